The Hall–Kier alpha value is -2.62. The molecule has 1 saturated heterocycles. The molecule has 9 nitrogen and oxygen atoms in total. The molecule has 2 aromatic rings. The smallest absolute Gasteiger partial charge is 0.336 e. The highest BCUT2D eigenvalue weighted by molar-refractivity contribution is 7.91. The molecule has 0 unspecified atom stereocenters. The van der Waals surface area contributed by atoms with Crippen molar-refractivity contribution in [3.8, 4) is 23.0 Å². The highest BCUT2D eigenvalue weighted by Crippen LogP contribution is 2.34. The molecule has 2 aliphatic heterocycles. The van der Waals surface area contributed by atoms with Gasteiger partial charge in [-0.15, -0.1) is 5.10 Å². The Morgan fingerprint density at radius 3 is 2.61 bits per heavy atom. The van der Waals surface area contributed by atoms with Gasteiger partial charge in [0.25, 0.3) is 0 Å². The van der Waals surface area contributed by atoms with Gasteiger partial charge in [-0.05, 0) is 37.0 Å². The molecule has 0 bridgehead atoms. The second-order valence-electron chi connectivity index (χ2n) is 7.05. The van der Waals surface area contributed by atoms with Gasteiger partial charge in [0.1, 0.15) is 19.0 Å². The molecular formula is C18H21N3O6S. The van der Waals surface area contributed by atoms with Crippen molar-refractivity contribution in [3.05, 3.63) is 18.2 Å². The molecule has 0 saturated carbocycles. The van der Waals surface area contributed by atoms with Crippen LogP contribution in [0, 0.1) is 5.92 Å². The number of likely N-dealkylation sites (tertiary alicyclic amines) is 1. The first-order valence-electron chi connectivity index (χ1n) is 9.16. The molecule has 0 atom stereocenters. The SMILES string of the molecule is CC1CCN(C(=O)CS(=O)(=O)c2nnc(-c3ccc4c(c3)OCCO4)o2)CC1. The largest absolute Gasteiger partial charge is 0.486 e. The van der Waals surface area contributed by atoms with Crippen molar-refractivity contribution in [2.24, 2.45) is 5.92 Å². The standard InChI is InChI=1S/C18H21N3O6S/c1-12-4-6-21(7-5-12)16(22)11-28(23,24)18-20-19-17(27-18)13-2-3-14-15(10-13)26-9-8-25-14/h2-3,10,12H,4-9,11H2,1H3. The average molecular weight is 407 g/mol. The van der Waals surface area contributed by atoms with Crippen molar-refractivity contribution < 1.29 is 27.1 Å². The number of benzene rings is 1. The average Bonchev–Trinajstić information content (AvgIpc) is 3.19. The summed E-state index contributed by atoms with van der Waals surface area (Å²) >= 11 is 0. The second kappa shape index (κ2) is 7.42. The number of hydrogen-bond donors (Lipinski definition) is 0. The van der Waals surface area contributed by atoms with Crippen LogP contribution in [0.15, 0.2) is 27.8 Å². The molecule has 150 valence electrons. The van der Waals surface area contributed by atoms with Crippen molar-refractivity contribution in [1.82, 2.24) is 15.1 Å². The van der Waals surface area contributed by atoms with E-state index in [1.165, 1.54) is 0 Å². The maximum absolute atomic E-state index is 12.5. The highest BCUT2D eigenvalue weighted by atomic mass is 32.2. The fourth-order valence-electron chi connectivity index (χ4n) is 3.20. The predicted molar refractivity (Wildman–Crippen MR) is 97.8 cm³/mol. The second-order valence-corrected chi connectivity index (χ2v) is 8.92. The van der Waals surface area contributed by atoms with Crippen LogP contribution in [0.25, 0.3) is 11.5 Å². The summed E-state index contributed by atoms with van der Waals surface area (Å²) in [5, 5.41) is 6.89. The maximum atomic E-state index is 12.5. The fourth-order valence-corrected chi connectivity index (χ4v) is 4.20. The predicted octanol–water partition coefficient (Wildman–Crippen LogP) is 1.54. The lowest BCUT2D eigenvalue weighted by Gasteiger charge is -2.30. The van der Waals surface area contributed by atoms with E-state index in [4.69, 9.17) is 13.9 Å². The molecule has 28 heavy (non-hydrogen) atoms. The number of piperidine rings is 1. The van der Waals surface area contributed by atoms with Crippen molar-refractivity contribution in [2.75, 3.05) is 32.1 Å². The van der Waals surface area contributed by atoms with Crippen molar-refractivity contribution in [3.63, 3.8) is 0 Å². The van der Waals surface area contributed by atoms with Crippen LogP contribution >= 0.6 is 0 Å². The number of carbonyl (C=O) groups is 1. The van der Waals surface area contributed by atoms with Crippen LogP contribution in [0.3, 0.4) is 0 Å². The minimum atomic E-state index is -4.01. The Morgan fingerprint density at radius 1 is 1.14 bits per heavy atom. The molecule has 0 radical (unpaired) electrons. The molecule has 0 aliphatic carbocycles. The molecule has 10 heteroatoms. The summed E-state index contributed by atoms with van der Waals surface area (Å²) < 4.78 is 41.4. The third-order valence-corrected chi connectivity index (χ3v) is 6.24. The topological polar surface area (TPSA) is 112 Å². The molecule has 0 N–H and O–H groups in total. The minimum Gasteiger partial charge on any atom is -0.486 e. The number of amides is 1. The van der Waals surface area contributed by atoms with Gasteiger partial charge in [0.05, 0.1) is 0 Å². The van der Waals surface area contributed by atoms with Gasteiger partial charge < -0.3 is 18.8 Å². The number of aromatic nitrogens is 2. The normalized spacial score (nSPS) is 17.5. The lowest BCUT2D eigenvalue weighted by Crippen LogP contribution is -2.41. The molecular weight excluding hydrogens is 386 g/mol. The summed E-state index contributed by atoms with van der Waals surface area (Å²) in [5.74, 6) is 0.597. The molecule has 1 amide bonds. The lowest BCUT2D eigenvalue weighted by atomic mass is 9.99. The zero-order valence-corrected chi connectivity index (χ0v) is 16.3. The molecule has 3 heterocycles. The number of carbonyl (C=O) groups excluding carboxylic acids is 1. The Morgan fingerprint density at radius 2 is 1.86 bits per heavy atom. The van der Waals surface area contributed by atoms with Crippen LogP contribution < -0.4 is 9.47 Å². The molecule has 1 aromatic carbocycles. The summed E-state index contributed by atoms with van der Waals surface area (Å²) in [6.45, 7) is 4.16. The molecule has 4 rings (SSSR count). The number of ether oxygens (including phenoxy) is 2. The Labute approximate surface area is 162 Å². The highest BCUT2D eigenvalue weighted by Gasteiger charge is 2.30. The summed E-state index contributed by atoms with van der Waals surface area (Å²) in [4.78, 5) is 13.9. The van der Waals surface area contributed by atoms with Gasteiger partial charge in [-0.2, -0.15) is 0 Å². The quantitative estimate of drug-likeness (QED) is 0.750. The molecule has 1 fully saturated rings. The van der Waals surface area contributed by atoms with Gasteiger partial charge >= 0.3 is 5.22 Å². The first-order chi connectivity index (χ1) is 13.4. The molecule has 1 aromatic heterocycles. The van der Waals surface area contributed by atoms with Crippen molar-refractivity contribution in [1.29, 1.82) is 0 Å². The van der Waals surface area contributed by atoms with E-state index < -0.39 is 26.7 Å². The Kier molecular flexibility index (Phi) is 4.96. The van der Waals surface area contributed by atoms with E-state index in [2.05, 4.69) is 17.1 Å². The third kappa shape index (κ3) is 3.82. The monoisotopic (exact) mass is 407 g/mol. The number of hydrogen-bond acceptors (Lipinski definition) is 8. The van der Waals surface area contributed by atoms with Gasteiger partial charge in [-0.3, -0.25) is 4.79 Å². The van der Waals surface area contributed by atoms with Crippen LogP contribution in [0.4, 0.5) is 0 Å². The minimum absolute atomic E-state index is 0.0368. The van der Waals surface area contributed by atoms with E-state index in [0.717, 1.165) is 12.8 Å². The molecule has 0 spiro atoms. The Bertz CT molecular complexity index is 979. The number of rotatable bonds is 4. The summed E-state index contributed by atoms with van der Waals surface area (Å²) in [6.07, 6.45) is 1.75. The number of sulfone groups is 1. The fraction of sp³-hybridized carbons (Fsp3) is 0.500. The Balaban J connectivity index is 1.49. The van der Waals surface area contributed by atoms with E-state index >= 15 is 0 Å². The summed E-state index contributed by atoms with van der Waals surface area (Å²) in [6, 6.07) is 5.03. The zero-order chi connectivity index (χ0) is 19.7. The lowest BCUT2D eigenvalue weighted by molar-refractivity contribution is -0.129. The zero-order valence-electron chi connectivity index (χ0n) is 15.5. The first-order valence-corrected chi connectivity index (χ1v) is 10.8. The third-order valence-electron chi connectivity index (χ3n) is 4.91. The van der Waals surface area contributed by atoms with Crippen LogP contribution in [-0.2, 0) is 14.6 Å². The van der Waals surface area contributed by atoms with Gasteiger partial charge in [-0.25, -0.2) is 8.42 Å². The van der Waals surface area contributed by atoms with E-state index in [1.807, 2.05) is 0 Å². The van der Waals surface area contributed by atoms with Gasteiger partial charge in [0, 0.05) is 18.7 Å². The van der Waals surface area contributed by atoms with Crippen molar-refractivity contribution in [2.45, 2.75) is 25.0 Å². The van der Waals surface area contributed by atoms with E-state index in [9.17, 15) is 13.2 Å². The molecule has 2 aliphatic rings. The van der Waals surface area contributed by atoms with Gasteiger partial charge in [0.2, 0.25) is 21.6 Å². The van der Waals surface area contributed by atoms with E-state index in [1.54, 1.807) is 23.1 Å². The van der Waals surface area contributed by atoms with Gasteiger partial charge in [-0.1, -0.05) is 12.0 Å². The summed E-state index contributed by atoms with van der Waals surface area (Å²) in [5.41, 5.74) is 0.509. The number of nitrogens with zero attached hydrogens (tertiary/aromatic N) is 3. The van der Waals surface area contributed by atoms with E-state index in [0.29, 0.717) is 49.3 Å². The maximum Gasteiger partial charge on any atom is 0.336 e. The van der Waals surface area contributed by atoms with Gasteiger partial charge in [0.15, 0.2) is 11.5 Å². The van der Waals surface area contributed by atoms with E-state index in [-0.39, 0.29) is 5.89 Å². The van der Waals surface area contributed by atoms with Crippen molar-refractivity contribution >= 4 is 15.7 Å². The first kappa shape index (κ1) is 18.7. The van der Waals surface area contributed by atoms with Crippen LogP contribution in [0.5, 0.6) is 11.5 Å². The van der Waals surface area contributed by atoms with Crippen LogP contribution in [0.2, 0.25) is 0 Å². The number of fused-ring (bicyclic) bond motifs is 1. The van der Waals surface area contributed by atoms with Crippen LogP contribution in [0.1, 0.15) is 19.8 Å². The van der Waals surface area contributed by atoms with Crippen LogP contribution in [-0.4, -0.2) is 61.5 Å². The summed E-state index contributed by atoms with van der Waals surface area (Å²) in [7, 11) is -4.01.